The molecule has 0 saturated heterocycles. The van der Waals surface area contributed by atoms with Gasteiger partial charge in [-0.15, -0.1) is 0 Å². The summed E-state index contributed by atoms with van der Waals surface area (Å²) in [5, 5.41) is 11.4. The molecule has 7 heteroatoms. The maximum absolute atomic E-state index is 12.5. The lowest BCUT2D eigenvalue weighted by Gasteiger charge is -2.16. The molecular weight excluding hydrogens is 340 g/mol. The van der Waals surface area contributed by atoms with Gasteiger partial charge in [0.2, 0.25) is 0 Å². The first-order valence-electron chi connectivity index (χ1n) is 7.74. The normalized spacial score (nSPS) is 13.2. The molecule has 2 aromatic rings. The summed E-state index contributed by atoms with van der Waals surface area (Å²) in [6, 6.07) is 6.89. The maximum atomic E-state index is 12.5. The molecule has 0 atom stereocenters. The van der Waals surface area contributed by atoms with E-state index in [1.807, 2.05) is 0 Å². The predicted octanol–water partition coefficient (Wildman–Crippen LogP) is 4.11. The van der Waals surface area contributed by atoms with Gasteiger partial charge >= 0.3 is 0 Å². The summed E-state index contributed by atoms with van der Waals surface area (Å²) >= 11 is 6.01. The maximum Gasteiger partial charge on any atom is 0.169 e. The van der Waals surface area contributed by atoms with Crippen molar-refractivity contribution in [2.75, 3.05) is 12.4 Å². The van der Waals surface area contributed by atoms with Crippen molar-refractivity contribution in [2.24, 2.45) is 10.9 Å². The van der Waals surface area contributed by atoms with Gasteiger partial charge in [0, 0.05) is 12.1 Å². The standard InChI is InChI=1S/C18H17ClN4O2/c1-21-18(20)11-4-3-5-13(17(11)25-2)23-14-8-15(19)22-9-12(14)16(24)10-6-7-10/h3-5,8-10,20H,1,6-7H2,2H3,(H,22,23). The number of carbonyl (C=O) groups is 1. The molecule has 1 heterocycles. The van der Waals surface area contributed by atoms with Crippen LogP contribution in [0.1, 0.15) is 28.8 Å². The number of methoxy groups -OCH3 is 1. The molecule has 0 aliphatic heterocycles. The second-order valence-electron chi connectivity index (χ2n) is 5.71. The van der Waals surface area contributed by atoms with Crippen molar-refractivity contribution in [2.45, 2.75) is 12.8 Å². The van der Waals surface area contributed by atoms with Gasteiger partial charge < -0.3 is 10.1 Å². The number of ether oxygens (including phenoxy) is 1. The first-order chi connectivity index (χ1) is 12.0. The Morgan fingerprint density at radius 3 is 2.80 bits per heavy atom. The Morgan fingerprint density at radius 1 is 1.40 bits per heavy atom. The number of hydrogen-bond acceptors (Lipinski definition) is 5. The van der Waals surface area contributed by atoms with Crippen molar-refractivity contribution in [3.63, 3.8) is 0 Å². The number of carbonyl (C=O) groups excluding carboxylic acids is 1. The van der Waals surface area contributed by atoms with E-state index in [2.05, 4.69) is 22.0 Å². The SMILES string of the molecule is C=NC(=N)c1cccc(Nc2cc(Cl)ncc2C(=O)C2CC2)c1OC. The molecule has 0 amide bonds. The molecule has 1 fully saturated rings. The first-order valence-corrected chi connectivity index (χ1v) is 8.12. The van der Waals surface area contributed by atoms with Gasteiger partial charge in [-0.2, -0.15) is 0 Å². The Kier molecular flexibility index (Phi) is 4.81. The van der Waals surface area contributed by atoms with Gasteiger partial charge in [0.15, 0.2) is 17.4 Å². The average Bonchev–Trinajstić information content (AvgIpc) is 3.45. The monoisotopic (exact) mass is 356 g/mol. The molecule has 1 aliphatic carbocycles. The molecule has 0 unspecified atom stereocenters. The number of nitrogens with zero attached hydrogens (tertiary/aromatic N) is 2. The lowest BCUT2D eigenvalue weighted by atomic mass is 10.1. The van der Waals surface area contributed by atoms with E-state index in [-0.39, 0.29) is 22.7 Å². The third-order valence-electron chi connectivity index (χ3n) is 3.99. The molecule has 0 radical (unpaired) electrons. The van der Waals surface area contributed by atoms with Gasteiger partial charge in [0.25, 0.3) is 0 Å². The fourth-order valence-corrected chi connectivity index (χ4v) is 2.73. The molecule has 0 bridgehead atoms. The number of pyridine rings is 1. The van der Waals surface area contributed by atoms with Crippen LogP contribution in [0.4, 0.5) is 11.4 Å². The number of ketones is 1. The van der Waals surface area contributed by atoms with Gasteiger partial charge in [-0.25, -0.2) is 9.98 Å². The molecule has 128 valence electrons. The molecule has 25 heavy (non-hydrogen) atoms. The van der Waals surface area contributed by atoms with Crippen molar-refractivity contribution < 1.29 is 9.53 Å². The van der Waals surface area contributed by atoms with E-state index in [1.54, 1.807) is 24.3 Å². The highest BCUT2D eigenvalue weighted by molar-refractivity contribution is 6.29. The number of nitrogens with one attached hydrogen (secondary N) is 2. The summed E-state index contributed by atoms with van der Waals surface area (Å²) in [5.41, 5.74) is 2.15. The van der Waals surface area contributed by atoms with Crippen LogP contribution in [-0.4, -0.2) is 30.4 Å². The Hall–Kier alpha value is -2.73. The fourth-order valence-electron chi connectivity index (χ4n) is 2.57. The van der Waals surface area contributed by atoms with E-state index in [0.717, 1.165) is 12.8 Å². The third-order valence-corrected chi connectivity index (χ3v) is 4.19. The minimum Gasteiger partial charge on any atom is -0.494 e. The van der Waals surface area contributed by atoms with Crippen molar-refractivity contribution >= 4 is 41.3 Å². The number of hydrogen-bond donors (Lipinski definition) is 2. The van der Waals surface area contributed by atoms with Crippen LogP contribution in [0.2, 0.25) is 5.15 Å². The van der Waals surface area contributed by atoms with Gasteiger partial charge in [-0.1, -0.05) is 17.7 Å². The molecule has 1 saturated carbocycles. The zero-order chi connectivity index (χ0) is 18.0. The van der Waals surface area contributed by atoms with E-state index in [0.29, 0.717) is 28.3 Å². The van der Waals surface area contributed by atoms with Crippen molar-refractivity contribution in [3.05, 3.63) is 46.7 Å². The van der Waals surface area contributed by atoms with Crippen molar-refractivity contribution in [1.82, 2.24) is 4.98 Å². The Morgan fingerprint density at radius 2 is 2.16 bits per heavy atom. The number of aromatic nitrogens is 1. The first kappa shape index (κ1) is 17.1. The van der Waals surface area contributed by atoms with Crippen LogP contribution in [0.25, 0.3) is 0 Å². The summed E-state index contributed by atoms with van der Waals surface area (Å²) in [6.07, 6.45) is 3.30. The number of amidine groups is 1. The van der Waals surface area contributed by atoms with Crippen molar-refractivity contribution in [3.8, 4) is 5.75 Å². The number of Topliss-reactive ketones (excluding diaryl/α,β-unsaturated/α-hetero) is 1. The third kappa shape index (κ3) is 3.53. The van der Waals surface area contributed by atoms with Crippen LogP contribution in [0.15, 0.2) is 35.5 Å². The van der Waals surface area contributed by atoms with Crippen LogP contribution in [0, 0.1) is 11.3 Å². The molecule has 1 aliphatic rings. The van der Waals surface area contributed by atoms with E-state index in [9.17, 15) is 4.79 Å². The Balaban J connectivity index is 2.03. The average molecular weight is 357 g/mol. The zero-order valence-corrected chi connectivity index (χ0v) is 14.4. The van der Waals surface area contributed by atoms with E-state index in [1.165, 1.54) is 13.3 Å². The van der Waals surface area contributed by atoms with Crippen LogP contribution < -0.4 is 10.1 Å². The molecule has 3 rings (SSSR count). The summed E-state index contributed by atoms with van der Waals surface area (Å²) in [4.78, 5) is 20.2. The Labute approximate surface area is 150 Å². The second kappa shape index (κ2) is 7.03. The van der Waals surface area contributed by atoms with E-state index in [4.69, 9.17) is 21.7 Å². The van der Waals surface area contributed by atoms with E-state index >= 15 is 0 Å². The topological polar surface area (TPSA) is 87.4 Å². The summed E-state index contributed by atoms with van der Waals surface area (Å²) in [5.74, 6) is 0.567. The molecule has 0 spiro atoms. The number of rotatable bonds is 6. The highest BCUT2D eigenvalue weighted by Gasteiger charge is 2.32. The highest BCUT2D eigenvalue weighted by Crippen LogP contribution is 2.37. The quantitative estimate of drug-likeness (QED) is 0.353. The molecule has 6 nitrogen and oxygen atoms in total. The minimum atomic E-state index is 0.00235. The summed E-state index contributed by atoms with van der Waals surface area (Å²) in [7, 11) is 1.51. The number of para-hydroxylation sites is 1. The summed E-state index contributed by atoms with van der Waals surface area (Å²) in [6.45, 7) is 3.38. The number of benzene rings is 1. The number of aliphatic imine (C=N–C) groups is 1. The lowest BCUT2D eigenvalue weighted by Crippen LogP contribution is -2.08. The van der Waals surface area contributed by atoms with Crippen LogP contribution in [0.3, 0.4) is 0 Å². The summed E-state index contributed by atoms with van der Waals surface area (Å²) < 4.78 is 5.44. The number of anilines is 2. The van der Waals surface area contributed by atoms with Gasteiger partial charge in [0.1, 0.15) is 5.15 Å². The van der Waals surface area contributed by atoms with Gasteiger partial charge in [0.05, 0.1) is 29.6 Å². The van der Waals surface area contributed by atoms with E-state index < -0.39 is 0 Å². The minimum absolute atomic E-state index is 0.00235. The smallest absolute Gasteiger partial charge is 0.169 e. The van der Waals surface area contributed by atoms with Crippen molar-refractivity contribution in [1.29, 1.82) is 5.41 Å². The van der Waals surface area contributed by atoms with Crippen LogP contribution in [0.5, 0.6) is 5.75 Å². The predicted molar refractivity (Wildman–Crippen MR) is 99.0 cm³/mol. The second-order valence-corrected chi connectivity index (χ2v) is 6.10. The molecule has 1 aromatic carbocycles. The zero-order valence-electron chi connectivity index (χ0n) is 13.7. The van der Waals surface area contributed by atoms with Gasteiger partial charge in [-0.3, -0.25) is 10.2 Å². The lowest BCUT2D eigenvalue weighted by molar-refractivity contribution is 0.0968. The van der Waals surface area contributed by atoms with Gasteiger partial charge in [-0.05, 0) is 37.8 Å². The number of halogens is 1. The fraction of sp³-hybridized carbons (Fsp3) is 0.222. The highest BCUT2D eigenvalue weighted by atomic mass is 35.5. The molecular formula is C18H17ClN4O2. The largest absolute Gasteiger partial charge is 0.494 e. The van der Waals surface area contributed by atoms with Crippen LogP contribution in [-0.2, 0) is 0 Å². The van der Waals surface area contributed by atoms with Crippen LogP contribution >= 0.6 is 11.6 Å². The molecule has 1 aromatic heterocycles. The Bertz CT molecular complexity index is 862. The molecule has 2 N–H and O–H groups in total.